The van der Waals surface area contributed by atoms with Gasteiger partial charge in [-0.15, -0.1) is 0 Å². The lowest BCUT2D eigenvalue weighted by molar-refractivity contribution is 0.229. The van der Waals surface area contributed by atoms with Crippen molar-refractivity contribution in [2.45, 2.75) is 29.7 Å². The van der Waals surface area contributed by atoms with E-state index in [0.717, 1.165) is 25.5 Å². The zero-order valence-corrected chi connectivity index (χ0v) is 14.0. The van der Waals surface area contributed by atoms with Crippen molar-refractivity contribution in [2.24, 2.45) is 5.73 Å². The van der Waals surface area contributed by atoms with Crippen LogP contribution in [0.1, 0.15) is 25.1 Å². The molecule has 1 aromatic carbocycles. The number of hydrogen-bond acceptors (Lipinski definition) is 6. The highest BCUT2D eigenvalue weighted by molar-refractivity contribution is 9.10. The molecule has 1 aromatic heterocycles. The van der Waals surface area contributed by atoms with Crippen LogP contribution in [0.2, 0.25) is 0 Å². The van der Waals surface area contributed by atoms with Crippen LogP contribution in [0.4, 0.5) is 4.39 Å². The van der Waals surface area contributed by atoms with Crippen LogP contribution in [0.25, 0.3) is 11.5 Å². The Bertz CT molecular complexity index is 846. The average Bonchev–Trinajstić information content (AvgIpc) is 2.86. The Morgan fingerprint density at radius 3 is 2.64 bits per heavy atom. The molecule has 2 aromatic rings. The minimum atomic E-state index is -3.72. The normalized spacial score (nSPS) is 17.3. The summed E-state index contributed by atoms with van der Waals surface area (Å²) in [6.45, 7) is 0. The van der Waals surface area contributed by atoms with Gasteiger partial charge in [-0.3, -0.25) is 0 Å². The lowest BCUT2D eigenvalue weighted by Gasteiger charge is -2.34. The largest absolute Gasteiger partial charge is 0.334 e. The van der Waals surface area contributed by atoms with E-state index in [1.807, 2.05) is 0 Å². The minimum Gasteiger partial charge on any atom is -0.334 e. The Morgan fingerprint density at radius 1 is 1.41 bits per heavy atom. The molecular weight excluding hydrogens is 377 g/mol. The maximum absolute atomic E-state index is 14.5. The van der Waals surface area contributed by atoms with Gasteiger partial charge in [0.15, 0.2) is 21.5 Å². The van der Waals surface area contributed by atoms with Gasteiger partial charge in [0, 0.05) is 10.7 Å². The van der Waals surface area contributed by atoms with Crippen molar-refractivity contribution in [1.29, 1.82) is 0 Å². The van der Waals surface area contributed by atoms with E-state index in [1.54, 1.807) is 0 Å². The lowest BCUT2D eigenvalue weighted by Crippen LogP contribution is -2.44. The van der Waals surface area contributed by atoms with Gasteiger partial charge in [0.05, 0.1) is 11.1 Å². The van der Waals surface area contributed by atoms with Gasteiger partial charge >= 0.3 is 0 Å². The summed E-state index contributed by atoms with van der Waals surface area (Å²) in [4.78, 5) is 3.71. The smallest absolute Gasteiger partial charge is 0.261 e. The summed E-state index contributed by atoms with van der Waals surface area (Å²) >= 11 is 3.16. The van der Waals surface area contributed by atoms with Gasteiger partial charge in [0.2, 0.25) is 0 Å². The fraction of sp³-hybridized carbons (Fsp3) is 0.385. The van der Waals surface area contributed by atoms with E-state index in [1.165, 1.54) is 12.1 Å². The van der Waals surface area contributed by atoms with Crippen LogP contribution >= 0.6 is 15.9 Å². The number of hydrogen-bond donors (Lipinski definition) is 1. The first-order valence-corrected chi connectivity index (χ1v) is 9.22. The van der Waals surface area contributed by atoms with Crippen LogP contribution in [-0.4, -0.2) is 24.8 Å². The van der Waals surface area contributed by atoms with Crippen molar-refractivity contribution >= 4 is 25.8 Å². The van der Waals surface area contributed by atoms with Crippen LogP contribution in [0.5, 0.6) is 0 Å². The molecule has 1 saturated carbocycles. The number of nitrogens with two attached hydrogens (primary N) is 1. The Balaban J connectivity index is 2.11. The molecular formula is C13H13BrFN3O3S. The first kappa shape index (κ1) is 15.6. The van der Waals surface area contributed by atoms with Gasteiger partial charge < -0.3 is 10.3 Å². The zero-order valence-electron chi connectivity index (χ0n) is 11.6. The second-order valence-electron chi connectivity index (χ2n) is 5.47. The molecule has 118 valence electrons. The Kier molecular flexibility index (Phi) is 3.61. The Morgan fingerprint density at radius 2 is 2.09 bits per heavy atom. The zero-order chi connectivity index (χ0) is 16.1. The monoisotopic (exact) mass is 389 g/mol. The maximum atomic E-state index is 14.5. The Hall–Kier alpha value is -1.32. The van der Waals surface area contributed by atoms with E-state index >= 15 is 0 Å². The second-order valence-corrected chi connectivity index (χ2v) is 8.37. The number of aromatic nitrogens is 2. The summed E-state index contributed by atoms with van der Waals surface area (Å²) in [6.07, 6.45) is 3.39. The summed E-state index contributed by atoms with van der Waals surface area (Å²) in [7, 11) is -3.72. The molecule has 3 rings (SSSR count). The number of sulfone groups is 1. The predicted molar refractivity (Wildman–Crippen MR) is 80.2 cm³/mol. The summed E-state index contributed by atoms with van der Waals surface area (Å²) in [5.41, 5.74) is 5.39. The van der Waals surface area contributed by atoms with Gasteiger partial charge in [-0.2, -0.15) is 4.98 Å². The minimum absolute atomic E-state index is 0.0727. The first-order chi connectivity index (χ1) is 10.2. The van der Waals surface area contributed by atoms with Crippen molar-refractivity contribution in [3.05, 3.63) is 28.2 Å². The molecule has 0 unspecified atom stereocenters. The number of benzene rings is 1. The van der Waals surface area contributed by atoms with E-state index in [2.05, 4.69) is 26.1 Å². The molecule has 2 N–H and O–H groups in total. The number of halogens is 2. The molecule has 6 nitrogen and oxygen atoms in total. The van der Waals surface area contributed by atoms with Crippen LogP contribution in [0.15, 0.2) is 26.0 Å². The van der Waals surface area contributed by atoms with Crippen molar-refractivity contribution in [1.82, 2.24) is 10.1 Å². The first-order valence-electron chi connectivity index (χ1n) is 6.53. The summed E-state index contributed by atoms with van der Waals surface area (Å²) in [5, 5.41) is 3.81. The lowest BCUT2D eigenvalue weighted by atomic mass is 9.77. The molecule has 1 heterocycles. The van der Waals surface area contributed by atoms with Crippen LogP contribution in [0, 0.1) is 5.82 Å². The van der Waals surface area contributed by atoms with Crippen LogP contribution in [0.3, 0.4) is 0 Å². The van der Waals surface area contributed by atoms with Crippen molar-refractivity contribution in [2.75, 3.05) is 6.26 Å². The maximum Gasteiger partial charge on any atom is 0.261 e. The van der Waals surface area contributed by atoms with Gasteiger partial charge in [0.1, 0.15) is 4.90 Å². The van der Waals surface area contributed by atoms with Gasteiger partial charge in [-0.05, 0) is 31.4 Å². The third-order valence-electron chi connectivity index (χ3n) is 3.75. The quantitative estimate of drug-likeness (QED) is 0.864. The second kappa shape index (κ2) is 5.10. The molecule has 0 saturated heterocycles. The highest BCUT2D eigenvalue weighted by atomic mass is 79.9. The van der Waals surface area contributed by atoms with E-state index in [0.29, 0.717) is 10.3 Å². The molecule has 9 heteroatoms. The topological polar surface area (TPSA) is 99.1 Å². The molecule has 1 fully saturated rings. The third kappa shape index (κ3) is 2.57. The molecule has 22 heavy (non-hydrogen) atoms. The molecule has 0 radical (unpaired) electrons. The molecule has 0 atom stereocenters. The fourth-order valence-corrected chi connectivity index (χ4v) is 3.69. The van der Waals surface area contributed by atoms with Crippen molar-refractivity contribution < 1.29 is 17.3 Å². The molecule has 0 spiro atoms. The van der Waals surface area contributed by atoms with E-state index in [9.17, 15) is 12.8 Å². The molecule has 1 aliphatic carbocycles. The highest BCUT2D eigenvalue weighted by Crippen LogP contribution is 2.38. The number of rotatable bonds is 3. The van der Waals surface area contributed by atoms with Crippen molar-refractivity contribution in [3.63, 3.8) is 0 Å². The van der Waals surface area contributed by atoms with E-state index < -0.39 is 26.1 Å². The van der Waals surface area contributed by atoms with Gasteiger partial charge in [-0.1, -0.05) is 21.1 Å². The Labute approximate surface area is 134 Å². The average molecular weight is 390 g/mol. The standard InChI is InChI=1S/C13H13BrFN3O3S/c1-22(19,20)9-6-7(14)5-8(10(9)15)11-17-12(18-21-11)13(16)3-2-4-13/h5-6H,2-4,16H2,1H3. The highest BCUT2D eigenvalue weighted by Gasteiger charge is 2.39. The van der Waals surface area contributed by atoms with E-state index in [4.69, 9.17) is 10.3 Å². The van der Waals surface area contributed by atoms with Gasteiger partial charge in [-0.25, -0.2) is 12.8 Å². The number of nitrogens with zero attached hydrogens (tertiary/aromatic N) is 2. The molecule has 0 aliphatic heterocycles. The third-order valence-corrected chi connectivity index (χ3v) is 5.30. The summed E-state index contributed by atoms with van der Waals surface area (Å²) in [5.74, 6) is -0.690. The molecule has 0 bridgehead atoms. The van der Waals surface area contributed by atoms with Gasteiger partial charge in [0.25, 0.3) is 5.89 Å². The fourth-order valence-electron chi connectivity index (χ4n) is 2.31. The SMILES string of the molecule is CS(=O)(=O)c1cc(Br)cc(-c2nc(C3(N)CCC3)no2)c1F. The summed E-state index contributed by atoms with van der Waals surface area (Å²) < 4.78 is 43.3. The molecule has 1 aliphatic rings. The van der Waals surface area contributed by atoms with Crippen molar-refractivity contribution in [3.8, 4) is 11.5 Å². The van der Waals surface area contributed by atoms with Crippen LogP contribution < -0.4 is 5.73 Å². The van der Waals surface area contributed by atoms with E-state index in [-0.39, 0.29) is 11.5 Å². The van der Waals surface area contributed by atoms with Crippen LogP contribution in [-0.2, 0) is 15.4 Å². The summed E-state index contributed by atoms with van der Waals surface area (Å²) in [6, 6.07) is 2.59. The molecule has 0 amide bonds. The predicted octanol–water partition coefficient (Wildman–Crippen LogP) is 2.38.